The van der Waals surface area contributed by atoms with E-state index in [0.717, 1.165) is 6.07 Å². The van der Waals surface area contributed by atoms with Gasteiger partial charge in [0, 0.05) is 6.61 Å². The lowest BCUT2D eigenvalue weighted by Gasteiger charge is -2.12. The zero-order valence-corrected chi connectivity index (χ0v) is 9.40. The fraction of sp³-hybridized carbons (Fsp3) is 0.417. The van der Waals surface area contributed by atoms with Crippen LogP contribution in [0.15, 0.2) is 24.3 Å². The standard InChI is InChI=1S/C12H15FO3/c1-3-15-8-9(2)16-12(14)10-5-4-6-11(13)7-10/h4-7,9H,3,8H2,1-2H3/t9-/m0/s1. The van der Waals surface area contributed by atoms with Gasteiger partial charge in [-0.2, -0.15) is 0 Å². The summed E-state index contributed by atoms with van der Waals surface area (Å²) in [5.74, 6) is -0.987. The van der Waals surface area contributed by atoms with Crippen molar-refractivity contribution in [1.29, 1.82) is 0 Å². The molecule has 0 N–H and O–H groups in total. The van der Waals surface area contributed by atoms with Crippen molar-refractivity contribution in [2.24, 2.45) is 0 Å². The van der Waals surface area contributed by atoms with Gasteiger partial charge in [0.25, 0.3) is 0 Å². The molecule has 1 aromatic carbocycles. The lowest BCUT2D eigenvalue weighted by Crippen LogP contribution is -2.20. The molecule has 0 aromatic heterocycles. The van der Waals surface area contributed by atoms with Crippen molar-refractivity contribution < 1.29 is 18.7 Å². The first-order valence-electron chi connectivity index (χ1n) is 5.17. The fourth-order valence-corrected chi connectivity index (χ4v) is 1.18. The van der Waals surface area contributed by atoms with Gasteiger partial charge in [-0.1, -0.05) is 6.07 Å². The highest BCUT2D eigenvalue weighted by molar-refractivity contribution is 5.89. The molecule has 0 spiro atoms. The van der Waals surface area contributed by atoms with Gasteiger partial charge >= 0.3 is 5.97 Å². The van der Waals surface area contributed by atoms with Crippen LogP contribution in [0.5, 0.6) is 0 Å². The molecule has 0 radical (unpaired) electrons. The minimum atomic E-state index is -0.535. The van der Waals surface area contributed by atoms with E-state index in [1.807, 2.05) is 6.92 Å². The van der Waals surface area contributed by atoms with Gasteiger partial charge in [-0.15, -0.1) is 0 Å². The topological polar surface area (TPSA) is 35.5 Å². The van der Waals surface area contributed by atoms with Crippen LogP contribution in [0.1, 0.15) is 24.2 Å². The van der Waals surface area contributed by atoms with Crippen LogP contribution in [0.2, 0.25) is 0 Å². The summed E-state index contributed by atoms with van der Waals surface area (Å²) in [6, 6.07) is 5.41. The predicted molar refractivity (Wildman–Crippen MR) is 57.8 cm³/mol. The molecule has 1 atom stereocenters. The Kier molecular flexibility index (Phi) is 4.92. The van der Waals surface area contributed by atoms with Crippen LogP contribution >= 0.6 is 0 Å². The summed E-state index contributed by atoms with van der Waals surface area (Å²) in [7, 11) is 0. The van der Waals surface area contributed by atoms with Crippen LogP contribution in [-0.4, -0.2) is 25.3 Å². The van der Waals surface area contributed by atoms with Gasteiger partial charge in [-0.3, -0.25) is 0 Å². The molecule has 0 heterocycles. The molecule has 1 aromatic rings. The van der Waals surface area contributed by atoms with Crippen LogP contribution < -0.4 is 0 Å². The smallest absolute Gasteiger partial charge is 0.338 e. The Morgan fingerprint density at radius 1 is 1.50 bits per heavy atom. The highest BCUT2D eigenvalue weighted by Crippen LogP contribution is 2.07. The van der Waals surface area contributed by atoms with E-state index in [4.69, 9.17) is 9.47 Å². The highest BCUT2D eigenvalue weighted by Gasteiger charge is 2.12. The summed E-state index contributed by atoms with van der Waals surface area (Å²) >= 11 is 0. The summed E-state index contributed by atoms with van der Waals surface area (Å²) in [6.07, 6.45) is -0.337. The van der Waals surface area contributed by atoms with Crippen LogP contribution in [0.25, 0.3) is 0 Å². The van der Waals surface area contributed by atoms with E-state index >= 15 is 0 Å². The first-order chi connectivity index (χ1) is 7.63. The number of halogens is 1. The number of ether oxygens (including phenoxy) is 2. The minimum absolute atomic E-state index is 0.211. The Hall–Kier alpha value is -1.42. The van der Waals surface area contributed by atoms with Gasteiger partial charge in [0.15, 0.2) is 0 Å². The number of hydrogen-bond acceptors (Lipinski definition) is 3. The molecule has 0 fully saturated rings. The SMILES string of the molecule is CCOC[C@H](C)OC(=O)c1cccc(F)c1. The van der Waals surface area contributed by atoms with Crippen molar-refractivity contribution in [1.82, 2.24) is 0 Å². The number of carbonyl (C=O) groups is 1. The van der Waals surface area contributed by atoms with E-state index in [-0.39, 0.29) is 11.7 Å². The molecule has 3 nitrogen and oxygen atoms in total. The Morgan fingerprint density at radius 2 is 2.25 bits per heavy atom. The number of esters is 1. The Morgan fingerprint density at radius 3 is 2.88 bits per heavy atom. The van der Waals surface area contributed by atoms with E-state index in [0.29, 0.717) is 13.2 Å². The second-order valence-corrected chi connectivity index (χ2v) is 3.39. The quantitative estimate of drug-likeness (QED) is 0.723. The largest absolute Gasteiger partial charge is 0.457 e. The van der Waals surface area contributed by atoms with Gasteiger partial charge < -0.3 is 9.47 Å². The summed E-state index contributed by atoms with van der Waals surface area (Å²) in [5.41, 5.74) is 0.211. The number of carbonyl (C=O) groups excluding carboxylic acids is 1. The monoisotopic (exact) mass is 226 g/mol. The predicted octanol–water partition coefficient (Wildman–Crippen LogP) is 2.41. The molecule has 0 amide bonds. The average Bonchev–Trinajstić information content (AvgIpc) is 2.26. The van der Waals surface area contributed by atoms with Crippen molar-refractivity contribution in [2.45, 2.75) is 20.0 Å². The van der Waals surface area contributed by atoms with Crippen molar-refractivity contribution in [3.8, 4) is 0 Å². The molecule has 0 unspecified atom stereocenters. The minimum Gasteiger partial charge on any atom is -0.457 e. The third kappa shape index (κ3) is 3.98. The van der Waals surface area contributed by atoms with Crippen LogP contribution in [-0.2, 0) is 9.47 Å². The number of benzene rings is 1. The van der Waals surface area contributed by atoms with Crippen molar-refractivity contribution in [3.05, 3.63) is 35.6 Å². The normalized spacial score (nSPS) is 12.2. The maximum atomic E-state index is 12.8. The Bertz CT molecular complexity index is 352. The number of rotatable bonds is 5. The maximum Gasteiger partial charge on any atom is 0.338 e. The fourth-order valence-electron chi connectivity index (χ4n) is 1.18. The van der Waals surface area contributed by atoms with Gasteiger partial charge in [-0.25, -0.2) is 9.18 Å². The van der Waals surface area contributed by atoms with Gasteiger partial charge in [0.1, 0.15) is 11.9 Å². The summed E-state index contributed by atoms with van der Waals surface area (Å²) in [5, 5.41) is 0. The Labute approximate surface area is 94.2 Å². The summed E-state index contributed by atoms with van der Waals surface area (Å²) < 4.78 is 23.0. The second-order valence-electron chi connectivity index (χ2n) is 3.39. The molecule has 0 bridgehead atoms. The maximum absolute atomic E-state index is 12.8. The molecule has 0 saturated carbocycles. The number of hydrogen-bond donors (Lipinski definition) is 0. The first kappa shape index (κ1) is 12.6. The van der Waals surface area contributed by atoms with Crippen molar-refractivity contribution in [3.63, 3.8) is 0 Å². The zero-order valence-electron chi connectivity index (χ0n) is 9.40. The molecular formula is C12H15FO3. The molecule has 0 aliphatic heterocycles. The zero-order chi connectivity index (χ0) is 12.0. The molecule has 0 aliphatic carbocycles. The van der Waals surface area contributed by atoms with E-state index in [1.165, 1.54) is 18.2 Å². The van der Waals surface area contributed by atoms with Crippen LogP contribution in [0.4, 0.5) is 4.39 Å². The molecule has 88 valence electrons. The second kappa shape index (κ2) is 6.23. The van der Waals surface area contributed by atoms with E-state index in [2.05, 4.69) is 0 Å². The molecular weight excluding hydrogens is 211 g/mol. The highest BCUT2D eigenvalue weighted by atomic mass is 19.1. The van der Waals surface area contributed by atoms with E-state index in [9.17, 15) is 9.18 Å². The lowest BCUT2D eigenvalue weighted by molar-refractivity contribution is 0.00436. The lowest BCUT2D eigenvalue weighted by atomic mass is 10.2. The average molecular weight is 226 g/mol. The third-order valence-corrected chi connectivity index (χ3v) is 1.93. The van der Waals surface area contributed by atoms with E-state index in [1.54, 1.807) is 6.92 Å². The molecule has 1 rings (SSSR count). The van der Waals surface area contributed by atoms with Crippen LogP contribution in [0, 0.1) is 5.82 Å². The van der Waals surface area contributed by atoms with Crippen LogP contribution in [0.3, 0.4) is 0 Å². The molecule has 0 saturated heterocycles. The molecule has 0 aliphatic rings. The van der Waals surface area contributed by atoms with Gasteiger partial charge in [0.2, 0.25) is 0 Å². The molecule has 4 heteroatoms. The van der Waals surface area contributed by atoms with Gasteiger partial charge in [0.05, 0.1) is 12.2 Å². The van der Waals surface area contributed by atoms with E-state index < -0.39 is 11.8 Å². The first-order valence-corrected chi connectivity index (χ1v) is 5.17. The summed E-state index contributed by atoms with van der Waals surface area (Å²) in [6.45, 7) is 4.51. The Balaban J connectivity index is 2.52. The van der Waals surface area contributed by atoms with Crippen molar-refractivity contribution in [2.75, 3.05) is 13.2 Å². The summed E-state index contributed by atoms with van der Waals surface area (Å²) in [4.78, 5) is 11.5. The van der Waals surface area contributed by atoms with Crippen molar-refractivity contribution >= 4 is 5.97 Å². The third-order valence-electron chi connectivity index (χ3n) is 1.93. The molecule has 16 heavy (non-hydrogen) atoms. The van der Waals surface area contributed by atoms with Gasteiger partial charge in [-0.05, 0) is 32.0 Å².